The van der Waals surface area contributed by atoms with E-state index in [4.69, 9.17) is 10.9 Å². The van der Waals surface area contributed by atoms with Crippen LogP contribution in [0.4, 0.5) is 5.69 Å². The van der Waals surface area contributed by atoms with Crippen molar-refractivity contribution in [3.8, 4) is 0 Å². The van der Waals surface area contributed by atoms with Crippen molar-refractivity contribution in [2.24, 2.45) is 10.9 Å². The molecule has 0 amide bonds. The Hall–Kier alpha value is -1.11. The molecule has 96 valence electrons. The first-order chi connectivity index (χ1) is 7.88. The van der Waals surface area contributed by atoms with Crippen LogP contribution < -0.4 is 15.8 Å². The highest BCUT2D eigenvalue weighted by molar-refractivity contribution is 7.89. The van der Waals surface area contributed by atoms with E-state index in [9.17, 15) is 8.42 Å². The lowest BCUT2D eigenvalue weighted by atomic mass is 10.2. The molecule has 0 aliphatic rings. The summed E-state index contributed by atoms with van der Waals surface area (Å²) in [6.45, 7) is 2.55. The average Bonchev–Trinajstić information content (AvgIpc) is 2.27. The molecule has 0 radical (unpaired) electrons. The molecule has 0 spiro atoms. The third-order valence-corrected chi connectivity index (χ3v) is 3.76. The van der Waals surface area contributed by atoms with E-state index >= 15 is 0 Å². The highest BCUT2D eigenvalue weighted by Gasteiger charge is 2.18. The molecule has 1 rings (SSSR count). The molecule has 0 heterocycles. The van der Waals surface area contributed by atoms with Crippen LogP contribution in [0.3, 0.4) is 0 Å². The maximum atomic E-state index is 11.5. The SMILES string of the molecule is CC(CCN)N(C)c1ccccc1S(N)(=O)=O. The number of sulfonamides is 1. The molecule has 1 aromatic rings. The lowest BCUT2D eigenvalue weighted by Gasteiger charge is -2.28. The van der Waals surface area contributed by atoms with E-state index in [0.29, 0.717) is 12.2 Å². The number of primary sulfonamides is 1. The van der Waals surface area contributed by atoms with Gasteiger partial charge < -0.3 is 10.6 Å². The molecule has 0 bridgehead atoms. The van der Waals surface area contributed by atoms with E-state index in [-0.39, 0.29) is 10.9 Å². The van der Waals surface area contributed by atoms with Crippen LogP contribution in [0.1, 0.15) is 13.3 Å². The number of anilines is 1. The predicted octanol–water partition coefficient (Wildman–Crippen LogP) is 0.507. The van der Waals surface area contributed by atoms with Gasteiger partial charge in [0.2, 0.25) is 10.0 Å². The second-order valence-corrected chi connectivity index (χ2v) is 5.58. The molecular weight excluding hydrogens is 238 g/mol. The van der Waals surface area contributed by atoms with Crippen LogP contribution in [0.25, 0.3) is 0 Å². The van der Waals surface area contributed by atoms with Crippen molar-refractivity contribution >= 4 is 15.7 Å². The van der Waals surface area contributed by atoms with Gasteiger partial charge in [0.25, 0.3) is 0 Å². The van der Waals surface area contributed by atoms with Gasteiger partial charge in [-0.15, -0.1) is 0 Å². The molecular formula is C11H19N3O2S. The molecule has 0 aliphatic heterocycles. The van der Waals surface area contributed by atoms with E-state index in [1.54, 1.807) is 18.2 Å². The monoisotopic (exact) mass is 257 g/mol. The van der Waals surface area contributed by atoms with Crippen molar-refractivity contribution in [1.82, 2.24) is 0 Å². The highest BCUT2D eigenvalue weighted by Crippen LogP contribution is 2.24. The summed E-state index contributed by atoms with van der Waals surface area (Å²) in [4.78, 5) is 2.03. The zero-order valence-corrected chi connectivity index (χ0v) is 10.9. The van der Waals surface area contributed by atoms with Crippen LogP contribution >= 0.6 is 0 Å². The minimum absolute atomic E-state index is 0.145. The molecule has 1 atom stereocenters. The van der Waals surface area contributed by atoms with Gasteiger partial charge in [-0.25, -0.2) is 13.6 Å². The number of hydrogen-bond donors (Lipinski definition) is 2. The van der Waals surface area contributed by atoms with Crippen LogP contribution in [0.15, 0.2) is 29.2 Å². The van der Waals surface area contributed by atoms with E-state index in [1.165, 1.54) is 6.07 Å². The van der Waals surface area contributed by atoms with Crippen LogP contribution in [0, 0.1) is 0 Å². The average molecular weight is 257 g/mol. The van der Waals surface area contributed by atoms with Crippen LogP contribution in [0.2, 0.25) is 0 Å². The predicted molar refractivity (Wildman–Crippen MR) is 69.4 cm³/mol. The quantitative estimate of drug-likeness (QED) is 0.804. The molecule has 6 heteroatoms. The maximum absolute atomic E-state index is 11.5. The van der Waals surface area contributed by atoms with E-state index in [1.807, 2.05) is 18.9 Å². The van der Waals surface area contributed by atoms with Gasteiger partial charge in [0.15, 0.2) is 0 Å². The molecule has 0 aliphatic carbocycles. The summed E-state index contributed by atoms with van der Waals surface area (Å²) < 4.78 is 22.9. The summed E-state index contributed by atoms with van der Waals surface area (Å²) in [6.07, 6.45) is 0.787. The van der Waals surface area contributed by atoms with E-state index < -0.39 is 10.0 Å². The molecule has 1 unspecified atom stereocenters. The lowest BCUT2D eigenvalue weighted by molar-refractivity contribution is 0.594. The fourth-order valence-electron chi connectivity index (χ4n) is 1.66. The standard InChI is InChI=1S/C11H19N3O2S/c1-9(7-8-12)14(2)10-5-3-4-6-11(10)17(13,15)16/h3-6,9H,7-8,12H2,1-2H3,(H2,13,15,16). The molecule has 5 nitrogen and oxygen atoms in total. The normalized spacial score (nSPS) is 13.4. The highest BCUT2D eigenvalue weighted by atomic mass is 32.2. The summed E-state index contributed by atoms with van der Waals surface area (Å²) in [5.41, 5.74) is 6.11. The Labute approximate surface area is 102 Å². The lowest BCUT2D eigenvalue weighted by Crippen LogP contribution is -2.32. The van der Waals surface area contributed by atoms with Gasteiger partial charge in [-0.05, 0) is 32.0 Å². The van der Waals surface area contributed by atoms with Crippen molar-refractivity contribution in [2.45, 2.75) is 24.3 Å². The van der Waals surface area contributed by atoms with Crippen molar-refractivity contribution in [3.63, 3.8) is 0 Å². The van der Waals surface area contributed by atoms with Gasteiger partial charge in [0.1, 0.15) is 4.90 Å². The Morgan fingerprint density at radius 1 is 1.35 bits per heavy atom. The maximum Gasteiger partial charge on any atom is 0.240 e. The number of benzene rings is 1. The summed E-state index contributed by atoms with van der Waals surface area (Å²) in [7, 11) is -1.86. The zero-order valence-electron chi connectivity index (χ0n) is 10.1. The van der Waals surface area contributed by atoms with Crippen LogP contribution in [-0.2, 0) is 10.0 Å². The van der Waals surface area contributed by atoms with E-state index in [2.05, 4.69) is 0 Å². The van der Waals surface area contributed by atoms with Gasteiger partial charge in [-0.2, -0.15) is 0 Å². The third kappa shape index (κ3) is 3.42. The molecule has 0 fully saturated rings. The van der Waals surface area contributed by atoms with Gasteiger partial charge >= 0.3 is 0 Å². The Balaban J connectivity index is 3.14. The van der Waals surface area contributed by atoms with Gasteiger partial charge in [-0.1, -0.05) is 12.1 Å². The second-order valence-electron chi connectivity index (χ2n) is 4.05. The van der Waals surface area contributed by atoms with Crippen molar-refractivity contribution in [2.75, 3.05) is 18.5 Å². The smallest absolute Gasteiger partial charge is 0.240 e. The molecule has 17 heavy (non-hydrogen) atoms. The summed E-state index contributed by atoms with van der Waals surface area (Å²) >= 11 is 0. The first-order valence-corrected chi connectivity index (χ1v) is 6.97. The van der Waals surface area contributed by atoms with Crippen molar-refractivity contribution in [1.29, 1.82) is 0 Å². The number of rotatable bonds is 5. The fourth-order valence-corrected chi connectivity index (χ4v) is 2.43. The Bertz CT molecular complexity index is 473. The van der Waals surface area contributed by atoms with Gasteiger partial charge in [-0.3, -0.25) is 0 Å². The molecule has 0 saturated carbocycles. The van der Waals surface area contributed by atoms with Crippen LogP contribution in [-0.4, -0.2) is 28.1 Å². The summed E-state index contributed by atoms with van der Waals surface area (Å²) in [5, 5.41) is 5.19. The minimum atomic E-state index is -3.70. The second kappa shape index (κ2) is 5.48. The van der Waals surface area contributed by atoms with Gasteiger partial charge in [0.05, 0.1) is 5.69 Å². The Morgan fingerprint density at radius 2 is 1.94 bits per heavy atom. The fraction of sp³-hybridized carbons (Fsp3) is 0.455. The Kier molecular flexibility index (Phi) is 4.50. The topological polar surface area (TPSA) is 89.4 Å². The number of nitrogens with two attached hydrogens (primary N) is 2. The minimum Gasteiger partial charge on any atom is -0.371 e. The zero-order chi connectivity index (χ0) is 13.1. The third-order valence-electron chi connectivity index (χ3n) is 2.80. The molecule has 4 N–H and O–H groups in total. The van der Waals surface area contributed by atoms with Crippen molar-refractivity contribution in [3.05, 3.63) is 24.3 Å². The largest absolute Gasteiger partial charge is 0.371 e. The molecule has 0 saturated heterocycles. The van der Waals surface area contributed by atoms with E-state index in [0.717, 1.165) is 6.42 Å². The van der Waals surface area contributed by atoms with Crippen molar-refractivity contribution < 1.29 is 8.42 Å². The van der Waals surface area contributed by atoms with Crippen LogP contribution in [0.5, 0.6) is 0 Å². The number of nitrogens with zero attached hydrogens (tertiary/aromatic N) is 1. The molecule has 1 aromatic carbocycles. The summed E-state index contributed by atoms with van der Waals surface area (Å²) in [5.74, 6) is 0. The first kappa shape index (κ1) is 14.0. The number of hydrogen-bond acceptors (Lipinski definition) is 4. The molecule has 0 aromatic heterocycles. The first-order valence-electron chi connectivity index (χ1n) is 5.42. The van der Waals surface area contributed by atoms with Gasteiger partial charge in [0, 0.05) is 13.1 Å². The summed E-state index contributed by atoms with van der Waals surface area (Å²) in [6, 6.07) is 6.85. The number of para-hydroxylation sites is 1. The Morgan fingerprint density at radius 3 is 2.47 bits per heavy atom.